The van der Waals surface area contributed by atoms with Gasteiger partial charge in [-0.05, 0) is 44.5 Å². The average molecular weight is 344 g/mol. The minimum atomic E-state index is -3.41. The maximum Gasteiger partial charge on any atom is 0.264 e. The van der Waals surface area contributed by atoms with Gasteiger partial charge in [0.05, 0.1) is 19.5 Å². The Hall–Kier alpha value is -1.27. The molecule has 1 aromatic rings. The highest BCUT2D eigenvalue weighted by molar-refractivity contribution is 7.85. The van der Waals surface area contributed by atoms with Gasteiger partial charge in [-0.15, -0.1) is 0 Å². The van der Waals surface area contributed by atoms with Crippen molar-refractivity contribution in [3.8, 4) is 11.5 Å². The molecule has 0 atom stereocenters. The van der Waals surface area contributed by atoms with E-state index in [-0.39, 0.29) is 6.61 Å². The molecule has 0 saturated carbocycles. The van der Waals surface area contributed by atoms with E-state index in [1.807, 2.05) is 38.1 Å². The van der Waals surface area contributed by atoms with Crippen LogP contribution in [-0.2, 0) is 14.3 Å². The minimum Gasteiger partial charge on any atom is -0.494 e. The van der Waals surface area contributed by atoms with Crippen molar-refractivity contribution in [3.05, 3.63) is 24.3 Å². The zero-order valence-corrected chi connectivity index (χ0v) is 15.3. The molecule has 0 radical (unpaired) electrons. The molecule has 0 N–H and O–H groups in total. The molecule has 1 aromatic carbocycles. The first-order valence-corrected chi connectivity index (χ1v) is 9.80. The van der Waals surface area contributed by atoms with Crippen molar-refractivity contribution < 1.29 is 22.1 Å². The van der Waals surface area contributed by atoms with Gasteiger partial charge in [0, 0.05) is 6.42 Å². The zero-order valence-electron chi connectivity index (χ0n) is 14.5. The van der Waals surface area contributed by atoms with Crippen LogP contribution < -0.4 is 9.47 Å². The summed E-state index contributed by atoms with van der Waals surface area (Å²) in [7, 11) is -3.41. The maximum absolute atomic E-state index is 11.0. The Labute approximate surface area is 140 Å². The van der Waals surface area contributed by atoms with Gasteiger partial charge in [0.25, 0.3) is 10.1 Å². The monoisotopic (exact) mass is 344 g/mol. The molecular formula is C17H28O5S. The summed E-state index contributed by atoms with van der Waals surface area (Å²) in [6, 6.07) is 7.47. The van der Waals surface area contributed by atoms with Crippen molar-refractivity contribution in [2.45, 2.75) is 52.1 Å². The SMILES string of the molecule is CCCCCOc1ccc(OC(C)(C)CCOS(C)(=O)=O)cc1. The third-order valence-electron chi connectivity index (χ3n) is 3.24. The third-order valence-corrected chi connectivity index (χ3v) is 3.83. The Bertz CT molecular complexity index is 549. The van der Waals surface area contributed by atoms with Crippen LogP contribution in [0.3, 0.4) is 0 Å². The lowest BCUT2D eigenvalue weighted by Gasteiger charge is -2.26. The lowest BCUT2D eigenvalue weighted by Crippen LogP contribution is -2.30. The molecule has 1 rings (SSSR count). The largest absolute Gasteiger partial charge is 0.494 e. The fourth-order valence-electron chi connectivity index (χ4n) is 1.95. The first-order valence-electron chi connectivity index (χ1n) is 7.98. The van der Waals surface area contributed by atoms with Gasteiger partial charge in [0.2, 0.25) is 0 Å². The van der Waals surface area contributed by atoms with Crippen molar-refractivity contribution in [1.82, 2.24) is 0 Å². The molecule has 0 aliphatic heterocycles. The fraction of sp³-hybridized carbons (Fsp3) is 0.647. The molecule has 6 heteroatoms. The number of ether oxygens (including phenoxy) is 2. The molecule has 0 spiro atoms. The van der Waals surface area contributed by atoms with E-state index in [1.165, 1.54) is 12.8 Å². The van der Waals surface area contributed by atoms with Gasteiger partial charge in [-0.1, -0.05) is 19.8 Å². The van der Waals surface area contributed by atoms with Gasteiger partial charge >= 0.3 is 0 Å². The van der Waals surface area contributed by atoms with Crippen molar-refractivity contribution in [2.24, 2.45) is 0 Å². The van der Waals surface area contributed by atoms with Crippen LogP contribution in [0.2, 0.25) is 0 Å². The molecular weight excluding hydrogens is 316 g/mol. The molecule has 0 bridgehead atoms. The van der Waals surface area contributed by atoms with E-state index in [0.29, 0.717) is 6.42 Å². The first kappa shape index (κ1) is 19.8. The van der Waals surface area contributed by atoms with Crippen LogP contribution in [0.15, 0.2) is 24.3 Å². The Balaban J connectivity index is 2.43. The summed E-state index contributed by atoms with van der Waals surface area (Å²) in [5, 5.41) is 0. The Morgan fingerprint density at radius 3 is 2.17 bits per heavy atom. The molecule has 0 aliphatic rings. The predicted octanol–water partition coefficient (Wildman–Crippen LogP) is 3.78. The zero-order chi connectivity index (χ0) is 17.3. The van der Waals surface area contributed by atoms with Crippen molar-refractivity contribution in [3.63, 3.8) is 0 Å². The molecule has 0 aliphatic carbocycles. The Morgan fingerprint density at radius 1 is 1.00 bits per heavy atom. The standard InChI is InChI=1S/C17H28O5S/c1-5-6-7-13-20-15-8-10-16(11-9-15)22-17(2,3)12-14-21-23(4,18)19/h8-11H,5-7,12-14H2,1-4H3. The lowest BCUT2D eigenvalue weighted by atomic mass is 10.1. The van der Waals surface area contributed by atoms with Crippen molar-refractivity contribution in [2.75, 3.05) is 19.5 Å². The molecule has 0 aromatic heterocycles. The van der Waals surface area contributed by atoms with Gasteiger partial charge < -0.3 is 9.47 Å². The second-order valence-corrected chi connectivity index (χ2v) is 7.81. The number of hydrogen-bond donors (Lipinski definition) is 0. The fourth-order valence-corrected chi connectivity index (χ4v) is 2.34. The molecule has 5 nitrogen and oxygen atoms in total. The van der Waals surface area contributed by atoms with Crippen molar-refractivity contribution in [1.29, 1.82) is 0 Å². The minimum absolute atomic E-state index is 0.102. The third kappa shape index (κ3) is 9.46. The summed E-state index contributed by atoms with van der Waals surface area (Å²) in [4.78, 5) is 0. The second-order valence-electron chi connectivity index (χ2n) is 6.16. The normalized spacial score (nSPS) is 12.2. The molecule has 0 saturated heterocycles. The summed E-state index contributed by atoms with van der Waals surface area (Å²) in [6.45, 7) is 6.78. The highest BCUT2D eigenvalue weighted by Crippen LogP contribution is 2.24. The van der Waals surface area contributed by atoms with E-state index < -0.39 is 15.7 Å². The summed E-state index contributed by atoms with van der Waals surface area (Å²) >= 11 is 0. The van der Waals surface area contributed by atoms with E-state index in [1.54, 1.807) is 0 Å². The van der Waals surface area contributed by atoms with Crippen LogP contribution in [0, 0.1) is 0 Å². The Morgan fingerprint density at radius 2 is 1.61 bits per heavy atom. The van der Waals surface area contributed by atoms with Crippen LogP contribution >= 0.6 is 0 Å². The molecule has 132 valence electrons. The van der Waals surface area contributed by atoms with Crippen molar-refractivity contribution >= 4 is 10.1 Å². The van der Waals surface area contributed by atoms with Crippen LogP contribution in [0.4, 0.5) is 0 Å². The average Bonchev–Trinajstić information content (AvgIpc) is 2.43. The van der Waals surface area contributed by atoms with E-state index in [4.69, 9.17) is 13.7 Å². The van der Waals surface area contributed by atoms with Gasteiger partial charge in [0.1, 0.15) is 17.1 Å². The van der Waals surface area contributed by atoms with Gasteiger partial charge in [0.15, 0.2) is 0 Å². The van der Waals surface area contributed by atoms with Gasteiger partial charge in [-0.2, -0.15) is 8.42 Å². The number of rotatable bonds is 11. The van der Waals surface area contributed by atoms with Crippen LogP contribution in [-0.4, -0.2) is 33.5 Å². The van der Waals surface area contributed by atoms with Crippen LogP contribution in [0.1, 0.15) is 46.5 Å². The predicted molar refractivity (Wildman–Crippen MR) is 91.6 cm³/mol. The summed E-state index contributed by atoms with van der Waals surface area (Å²) in [5.74, 6) is 1.54. The van der Waals surface area contributed by atoms with Gasteiger partial charge in [-0.25, -0.2) is 0 Å². The summed E-state index contributed by atoms with van der Waals surface area (Å²) in [5.41, 5.74) is -0.520. The van der Waals surface area contributed by atoms with Crippen LogP contribution in [0.5, 0.6) is 11.5 Å². The van der Waals surface area contributed by atoms with E-state index in [2.05, 4.69) is 6.92 Å². The van der Waals surface area contributed by atoms with E-state index >= 15 is 0 Å². The van der Waals surface area contributed by atoms with E-state index in [9.17, 15) is 8.42 Å². The van der Waals surface area contributed by atoms with Gasteiger partial charge in [-0.3, -0.25) is 4.18 Å². The number of hydrogen-bond acceptors (Lipinski definition) is 5. The second kappa shape index (κ2) is 9.13. The summed E-state index contributed by atoms with van der Waals surface area (Å²) < 4.78 is 38.2. The van der Waals surface area contributed by atoms with Crippen LogP contribution in [0.25, 0.3) is 0 Å². The van der Waals surface area contributed by atoms with E-state index in [0.717, 1.165) is 30.8 Å². The highest BCUT2D eigenvalue weighted by atomic mass is 32.2. The molecule has 0 heterocycles. The topological polar surface area (TPSA) is 61.8 Å². The highest BCUT2D eigenvalue weighted by Gasteiger charge is 2.20. The quantitative estimate of drug-likeness (QED) is 0.451. The Kier molecular flexibility index (Phi) is 7.85. The molecule has 0 amide bonds. The molecule has 23 heavy (non-hydrogen) atoms. The molecule has 0 fully saturated rings. The number of unbranched alkanes of at least 4 members (excludes halogenated alkanes) is 2. The molecule has 0 unspecified atom stereocenters. The smallest absolute Gasteiger partial charge is 0.264 e. The maximum atomic E-state index is 11.0. The first-order chi connectivity index (χ1) is 10.7. The number of benzene rings is 1. The lowest BCUT2D eigenvalue weighted by molar-refractivity contribution is 0.0823. The summed E-state index contributed by atoms with van der Waals surface area (Å²) in [6.07, 6.45) is 4.91.